The lowest BCUT2D eigenvalue weighted by Crippen LogP contribution is -2.60. The zero-order valence-electron chi connectivity index (χ0n) is 14.8. The molecule has 1 heterocycles. The molecule has 1 aliphatic rings. The van der Waals surface area contributed by atoms with E-state index in [2.05, 4.69) is 37.9 Å². The van der Waals surface area contributed by atoms with E-state index < -0.39 is 0 Å². The molecule has 126 valence electrons. The fourth-order valence-corrected chi connectivity index (χ4v) is 3.14. The molecule has 0 aliphatic carbocycles. The van der Waals surface area contributed by atoms with Gasteiger partial charge in [-0.05, 0) is 18.3 Å². The molecule has 0 saturated carbocycles. The lowest BCUT2D eigenvalue weighted by Gasteiger charge is -2.46. The Morgan fingerprint density at radius 1 is 1.19 bits per heavy atom. The van der Waals surface area contributed by atoms with Crippen LogP contribution in [0.15, 0.2) is 0 Å². The van der Waals surface area contributed by atoms with Gasteiger partial charge in [-0.1, -0.05) is 34.1 Å². The highest BCUT2D eigenvalue weighted by Gasteiger charge is 2.34. The average Bonchev–Trinajstić information content (AvgIpc) is 2.42. The van der Waals surface area contributed by atoms with Crippen molar-refractivity contribution in [2.45, 2.75) is 59.0 Å². The minimum absolute atomic E-state index is 0.321. The highest BCUT2D eigenvalue weighted by atomic mass is 16.5. The van der Waals surface area contributed by atoms with Crippen LogP contribution in [0, 0.1) is 5.41 Å². The summed E-state index contributed by atoms with van der Waals surface area (Å²) in [5.41, 5.74) is 0.321. The van der Waals surface area contributed by atoms with Gasteiger partial charge in [-0.2, -0.15) is 0 Å². The van der Waals surface area contributed by atoms with Gasteiger partial charge >= 0.3 is 0 Å². The van der Waals surface area contributed by atoms with Crippen LogP contribution in [-0.4, -0.2) is 63.5 Å². The predicted molar refractivity (Wildman–Crippen MR) is 88.8 cm³/mol. The number of rotatable bonds is 9. The number of hydrogen-bond donors (Lipinski definition) is 1. The highest BCUT2D eigenvalue weighted by molar-refractivity contribution is 4.92. The Balaban J connectivity index is 2.39. The van der Waals surface area contributed by atoms with Gasteiger partial charge in [-0.15, -0.1) is 0 Å². The maximum atomic E-state index is 5.59. The summed E-state index contributed by atoms with van der Waals surface area (Å²) in [5, 5.41) is 3.74. The number of piperazine rings is 1. The molecular weight excluding hydrogens is 264 g/mol. The Labute approximate surface area is 131 Å². The summed E-state index contributed by atoms with van der Waals surface area (Å²) in [7, 11) is 1.71. The van der Waals surface area contributed by atoms with Gasteiger partial charge in [0.1, 0.15) is 0 Å². The Kier molecular flexibility index (Phi) is 8.79. The van der Waals surface area contributed by atoms with Crippen LogP contribution in [0.25, 0.3) is 0 Å². The summed E-state index contributed by atoms with van der Waals surface area (Å²) >= 11 is 0. The summed E-state index contributed by atoms with van der Waals surface area (Å²) in [5.74, 6) is 0. The van der Waals surface area contributed by atoms with Crippen LogP contribution in [0.5, 0.6) is 0 Å². The van der Waals surface area contributed by atoms with Crippen molar-refractivity contribution in [2.24, 2.45) is 5.41 Å². The Morgan fingerprint density at radius 3 is 2.57 bits per heavy atom. The molecule has 0 amide bonds. The molecule has 0 aromatic carbocycles. The van der Waals surface area contributed by atoms with E-state index in [4.69, 9.17) is 9.47 Å². The molecule has 2 atom stereocenters. The van der Waals surface area contributed by atoms with Crippen molar-refractivity contribution in [3.05, 3.63) is 0 Å². The van der Waals surface area contributed by atoms with E-state index in [1.165, 1.54) is 19.4 Å². The van der Waals surface area contributed by atoms with Gasteiger partial charge in [-0.3, -0.25) is 4.90 Å². The fraction of sp³-hybridized carbons (Fsp3) is 1.00. The van der Waals surface area contributed by atoms with Crippen molar-refractivity contribution in [3.63, 3.8) is 0 Å². The lowest BCUT2D eigenvalue weighted by atomic mass is 9.83. The molecule has 21 heavy (non-hydrogen) atoms. The minimum atomic E-state index is 0.321. The largest absolute Gasteiger partial charge is 0.382 e. The molecule has 0 aromatic rings. The van der Waals surface area contributed by atoms with Crippen LogP contribution in [0.2, 0.25) is 0 Å². The first-order valence-corrected chi connectivity index (χ1v) is 8.53. The third kappa shape index (κ3) is 7.09. The average molecular weight is 300 g/mol. The maximum absolute atomic E-state index is 5.59. The van der Waals surface area contributed by atoms with Crippen molar-refractivity contribution in [1.29, 1.82) is 0 Å². The summed E-state index contributed by atoms with van der Waals surface area (Å²) in [6, 6.07) is 1.27. The topological polar surface area (TPSA) is 33.7 Å². The van der Waals surface area contributed by atoms with E-state index in [-0.39, 0.29) is 0 Å². The smallest absolute Gasteiger partial charge is 0.0700 e. The van der Waals surface area contributed by atoms with E-state index in [0.29, 0.717) is 30.7 Å². The van der Waals surface area contributed by atoms with Crippen molar-refractivity contribution < 1.29 is 9.47 Å². The first-order chi connectivity index (χ1) is 9.99. The second kappa shape index (κ2) is 9.78. The summed E-state index contributed by atoms with van der Waals surface area (Å²) < 4.78 is 10.6. The van der Waals surface area contributed by atoms with Crippen molar-refractivity contribution >= 4 is 0 Å². The number of nitrogens with one attached hydrogen (secondary N) is 1. The van der Waals surface area contributed by atoms with Gasteiger partial charge in [0.05, 0.1) is 13.2 Å². The van der Waals surface area contributed by atoms with Crippen LogP contribution >= 0.6 is 0 Å². The van der Waals surface area contributed by atoms with Crippen molar-refractivity contribution in [2.75, 3.05) is 46.6 Å². The fourth-order valence-electron chi connectivity index (χ4n) is 3.14. The normalized spacial score (nSPS) is 24.4. The van der Waals surface area contributed by atoms with E-state index in [9.17, 15) is 0 Å². The van der Waals surface area contributed by atoms with E-state index >= 15 is 0 Å². The Bertz CT molecular complexity index is 266. The zero-order chi connectivity index (χ0) is 15.7. The van der Waals surface area contributed by atoms with Gasteiger partial charge in [0, 0.05) is 45.4 Å². The first-order valence-electron chi connectivity index (χ1n) is 8.53. The zero-order valence-corrected chi connectivity index (χ0v) is 14.8. The van der Waals surface area contributed by atoms with E-state index in [0.717, 1.165) is 26.1 Å². The van der Waals surface area contributed by atoms with Crippen molar-refractivity contribution in [3.8, 4) is 0 Å². The standard InChI is InChI=1S/C17H36N2O2/c1-6-8-15-14-19(9-7-10-21-12-11-20-5)16(13-18-15)17(2,3)4/h15-16,18H,6-14H2,1-5H3. The van der Waals surface area contributed by atoms with Gasteiger partial charge < -0.3 is 14.8 Å². The molecule has 1 fully saturated rings. The first kappa shape index (κ1) is 18.9. The van der Waals surface area contributed by atoms with Crippen LogP contribution in [0.4, 0.5) is 0 Å². The summed E-state index contributed by atoms with van der Waals surface area (Å²) in [6.07, 6.45) is 3.64. The van der Waals surface area contributed by atoms with E-state index in [1.807, 2.05) is 0 Å². The number of hydrogen-bond acceptors (Lipinski definition) is 4. The lowest BCUT2D eigenvalue weighted by molar-refractivity contribution is 0.0340. The SMILES string of the molecule is CCCC1CN(CCCOCCOC)C(C(C)(C)C)CN1. The van der Waals surface area contributed by atoms with Crippen LogP contribution in [0.1, 0.15) is 47.0 Å². The number of nitrogens with zero attached hydrogens (tertiary/aromatic N) is 1. The quantitative estimate of drug-likeness (QED) is 0.664. The van der Waals surface area contributed by atoms with Gasteiger partial charge in [0.25, 0.3) is 0 Å². The molecule has 0 radical (unpaired) electrons. The summed E-state index contributed by atoms with van der Waals surface area (Å²) in [4.78, 5) is 2.68. The number of methoxy groups -OCH3 is 1. The second-order valence-electron chi connectivity index (χ2n) is 7.23. The molecular formula is C17H36N2O2. The molecule has 0 spiro atoms. The van der Waals surface area contributed by atoms with E-state index in [1.54, 1.807) is 7.11 Å². The Morgan fingerprint density at radius 2 is 1.95 bits per heavy atom. The molecule has 1 N–H and O–H groups in total. The second-order valence-corrected chi connectivity index (χ2v) is 7.23. The van der Waals surface area contributed by atoms with Crippen LogP contribution in [-0.2, 0) is 9.47 Å². The third-order valence-corrected chi connectivity index (χ3v) is 4.30. The van der Waals surface area contributed by atoms with Gasteiger partial charge in [-0.25, -0.2) is 0 Å². The number of ether oxygens (including phenoxy) is 2. The molecule has 2 unspecified atom stereocenters. The summed E-state index contributed by atoms with van der Waals surface area (Å²) in [6.45, 7) is 15.0. The van der Waals surface area contributed by atoms with Gasteiger partial charge in [0.2, 0.25) is 0 Å². The third-order valence-electron chi connectivity index (χ3n) is 4.30. The van der Waals surface area contributed by atoms with Crippen molar-refractivity contribution in [1.82, 2.24) is 10.2 Å². The highest BCUT2D eigenvalue weighted by Crippen LogP contribution is 2.27. The minimum Gasteiger partial charge on any atom is -0.382 e. The predicted octanol–water partition coefficient (Wildman–Crippen LogP) is 2.53. The molecule has 1 aliphatic heterocycles. The monoisotopic (exact) mass is 300 g/mol. The molecule has 0 bridgehead atoms. The molecule has 4 heteroatoms. The molecule has 1 rings (SSSR count). The van der Waals surface area contributed by atoms with Crippen LogP contribution < -0.4 is 5.32 Å². The molecule has 4 nitrogen and oxygen atoms in total. The Hall–Kier alpha value is -0.160. The van der Waals surface area contributed by atoms with Gasteiger partial charge in [0.15, 0.2) is 0 Å². The molecule has 0 aromatic heterocycles. The molecule has 1 saturated heterocycles. The maximum Gasteiger partial charge on any atom is 0.0700 e. The van der Waals surface area contributed by atoms with Crippen LogP contribution in [0.3, 0.4) is 0 Å².